The third kappa shape index (κ3) is 3.81. The number of ketones is 1. The molecule has 0 aliphatic carbocycles. The fraction of sp³-hybridized carbons (Fsp3) is 0.100. The molecule has 0 saturated heterocycles. The zero-order valence-corrected chi connectivity index (χ0v) is 15.7. The molecule has 28 heavy (non-hydrogen) atoms. The summed E-state index contributed by atoms with van der Waals surface area (Å²) in [4.78, 5) is 26.8. The van der Waals surface area contributed by atoms with Crippen LogP contribution in [0.1, 0.15) is 17.3 Å². The molecule has 2 aromatic carbocycles. The van der Waals surface area contributed by atoms with Crippen molar-refractivity contribution < 1.29 is 14.0 Å². The van der Waals surface area contributed by atoms with Gasteiger partial charge in [-0.15, -0.1) is 10.2 Å². The number of nitrogens with zero attached hydrogens (tertiary/aromatic N) is 2. The van der Waals surface area contributed by atoms with Crippen LogP contribution in [-0.4, -0.2) is 32.6 Å². The van der Waals surface area contributed by atoms with Gasteiger partial charge in [-0.25, -0.2) is 0 Å². The fourth-order valence-corrected chi connectivity index (χ4v) is 3.33. The van der Waals surface area contributed by atoms with Gasteiger partial charge in [-0.05, 0) is 25.1 Å². The van der Waals surface area contributed by atoms with E-state index in [4.69, 9.17) is 4.42 Å². The van der Waals surface area contributed by atoms with Gasteiger partial charge in [0.1, 0.15) is 0 Å². The number of aromatic nitrogens is 3. The Kier molecular flexibility index (Phi) is 4.94. The maximum absolute atomic E-state index is 12.2. The van der Waals surface area contributed by atoms with Gasteiger partial charge in [0, 0.05) is 28.4 Å². The number of amides is 1. The summed E-state index contributed by atoms with van der Waals surface area (Å²) in [7, 11) is 0. The second kappa shape index (κ2) is 7.69. The molecule has 0 bridgehead atoms. The minimum atomic E-state index is -0.224. The van der Waals surface area contributed by atoms with E-state index in [0.29, 0.717) is 22.4 Å². The van der Waals surface area contributed by atoms with E-state index in [-0.39, 0.29) is 17.4 Å². The smallest absolute Gasteiger partial charge is 0.277 e. The van der Waals surface area contributed by atoms with Gasteiger partial charge in [-0.2, -0.15) is 0 Å². The van der Waals surface area contributed by atoms with Crippen LogP contribution in [0.15, 0.2) is 64.4 Å². The van der Waals surface area contributed by atoms with Crippen molar-refractivity contribution in [2.24, 2.45) is 0 Å². The number of para-hydroxylation sites is 1. The van der Waals surface area contributed by atoms with Gasteiger partial charge in [-0.3, -0.25) is 9.59 Å². The molecular formula is C20H16N4O3S. The minimum absolute atomic E-state index is 0.0545. The van der Waals surface area contributed by atoms with E-state index < -0.39 is 0 Å². The van der Waals surface area contributed by atoms with Gasteiger partial charge in [0.15, 0.2) is 5.78 Å². The van der Waals surface area contributed by atoms with Crippen LogP contribution in [0.25, 0.3) is 22.4 Å². The third-order valence-corrected chi connectivity index (χ3v) is 4.92. The Labute approximate surface area is 164 Å². The summed E-state index contributed by atoms with van der Waals surface area (Å²) in [5, 5.41) is 12.1. The van der Waals surface area contributed by atoms with Crippen molar-refractivity contribution in [2.45, 2.75) is 12.1 Å². The number of hydrogen-bond donors (Lipinski definition) is 2. The van der Waals surface area contributed by atoms with E-state index in [9.17, 15) is 9.59 Å². The van der Waals surface area contributed by atoms with Crippen LogP contribution in [0.4, 0.5) is 5.69 Å². The average molecular weight is 392 g/mol. The number of thioether (sulfide) groups is 1. The van der Waals surface area contributed by atoms with E-state index in [1.54, 1.807) is 24.3 Å². The van der Waals surface area contributed by atoms with Crippen LogP contribution >= 0.6 is 11.8 Å². The predicted octanol–water partition coefficient (Wildman–Crippen LogP) is 4.15. The average Bonchev–Trinajstić information content (AvgIpc) is 3.33. The first-order valence-corrected chi connectivity index (χ1v) is 9.52. The number of Topliss-reactive ketones (excluding diaryl/α,β-unsaturated/α-hetero) is 1. The largest absolute Gasteiger partial charge is 0.411 e. The van der Waals surface area contributed by atoms with Gasteiger partial charge >= 0.3 is 0 Å². The number of benzene rings is 2. The van der Waals surface area contributed by atoms with E-state index in [1.807, 2.05) is 30.5 Å². The van der Waals surface area contributed by atoms with Gasteiger partial charge in [0.05, 0.1) is 11.3 Å². The third-order valence-electron chi connectivity index (χ3n) is 4.11. The second-order valence-corrected chi connectivity index (χ2v) is 7.02. The molecule has 2 heterocycles. The molecule has 4 aromatic rings. The lowest BCUT2D eigenvalue weighted by molar-refractivity contribution is -0.113. The highest BCUT2D eigenvalue weighted by Crippen LogP contribution is 2.29. The molecule has 0 unspecified atom stereocenters. The molecular weight excluding hydrogens is 376 g/mol. The van der Waals surface area contributed by atoms with E-state index in [1.165, 1.54) is 6.92 Å². The summed E-state index contributed by atoms with van der Waals surface area (Å²) in [6.45, 7) is 1.48. The van der Waals surface area contributed by atoms with Crippen LogP contribution < -0.4 is 5.32 Å². The molecule has 0 atom stereocenters. The molecule has 0 radical (unpaired) electrons. The van der Waals surface area contributed by atoms with Crippen LogP contribution in [0.2, 0.25) is 0 Å². The standard InChI is InChI=1S/C20H16N4O3S/c1-12(25)13-5-4-6-14(9-13)22-18(26)11-28-20-24-23-19(27-20)16-10-21-17-8-3-2-7-15(16)17/h2-10,21H,11H2,1H3,(H,22,26). The van der Waals surface area contributed by atoms with E-state index in [2.05, 4.69) is 20.5 Å². The maximum atomic E-state index is 12.2. The first-order chi connectivity index (χ1) is 13.6. The Morgan fingerprint density at radius 3 is 2.86 bits per heavy atom. The highest BCUT2D eigenvalue weighted by atomic mass is 32.2. The molecule has 0 aliphatic heterocycles. The van der Waals surface area contributed by atoms with Gasteiger partial charge in [0.25, 0.3) is 11.1 Å². The van der Waals surface area contributed by atoms with Gasteiger partial charge in [0.2, 0.25) is 5.91 Å². The van der Waals surface area contributed by atoms with E-state index in [0.717, 1.165) is 28.2 Å². The minimum Gasteiger partial charge on any atom is -0.411 e. The number of nitrogens with one attached hydrogen (secondary N) is 2. The molecule has 2 N–H and O–H groups in total. The van der Waals surface area contributed by atoms with Crippen LogP contribution in [0.3, 0.4) is 0 Å². The Morgan fingerprint density at radius 1 is 1.14 bits per heavy atom. The summed E-state index contributed by atoms with van der Waals surface area (Å²) in [5.74, 6) is 0.230. The van der Waals surface area contributed by atoms with Gasteiger partial charge in [-0.1, -0.05) is 42.1 Å². The highest BCUT2D eigenvalue weighted by Gasteiger charge is 2.14. The SMILES string of the molecule is CC(=O)c1cccc(NC(=O)CSc2nnc(-c3c[nH]c4ccccc34)o2)c1. The maximum Gasteiger partial charge on any atom is 0.277 e. The van der Waals surface area contributed by atoms with Crippen molar-refractivity contribution in [1.29, 1.82) is 0 Å². The van der Waals surface area contributed by atoms with Crippen molar-refractivity contribution in [2.75, 3.05) is 11.1 Å². The van der Waals surface area contributed by atoms with Crippen molar-refractivity contribution in [3.63, 3.8) is 0 Å². The lowest BCUT2D eigenvalue weighted by atomic mass is 10.1. The lowest BCUT2D eigenvalue weighted by Gasteiger charge is -2.05. The van der Waals surface area contributed by atoms with Gasteiger partial charge < -0.3 is 14.7 Å². The molecule has 1 amide bonds. The zero-order chi connectivity index (χ0) is 19.5. The molecule has 0 aliphatic rings. The summed E-state index contributed by atoms with van der Waals surface area (Å²) >= 11 is 1.15. The molecule has 2 aromatic heterocycles. The summed E-state index contributed by atoms with van der Waals surface area (Å²) < 4.78 is 5.68. The number of aromatic amines is 1. The summed E-state index contributed by atoms with van der Waals surface area (Å²) in [6, 6.07) is 14.6. The molecule has 0 fully saturated rings. The molecule has 4 rings (SSSR count). The molecule has 0 spiro atoms. The van der Waals surface area contributed by atoms with Crippen molar-refractivity contribution in [3.05, 3.63) is 60.3 Å². The highest BCUT2D eigenvalue weighted by molar-refractivity contribution is 7.99. The Hall–Kier alpha value is -3.39. The predicted molar refractivity (Wildman–Crippen MR) is 107 cm³/mol. The van der Waals surface area contributed by atoms with Crippen molar-refractivity contribution in [1.82, 2.24) is 15.2 Å². The number of hydrogen-bond acceptors (Lipinski definition) is 6. The van der Waals surface area contributed by atoms with Crippen molar-refractivity contribution >= 4 is 40.0 Å². The van der Waals surface area contributed by atoms with Crippen LogP contribution in [0, 0.1) is 0 Å². The normalized spacial score (nSPS) is 10.9. The first-order valence-electron chi connectivity index (χ1n) is 8.54. The van der Waals surface area contributed by atoms with Crippen LogP contribution in [-0.2, 0) is 4.79 Å². The topological polar surface area (TPSA) is 101 Å². The first kappa shape index (κ1) is 18.0. The number of carbonyl (C=O) groups excluding carboxylic acids is 2. The monoisotopic (exact) mass is 392 g/mol. The number of fused-ring (bicyclic) bond motifs is 1. The number of anilines is 1. The second-order valence-electron chi connectivity index (χ2n) is 6.09. The Bertz CT molecular complexity index is 1160. The van der Waals surface area contributed by atoms with Crippen molar-refractivity contribution in [3.8, 4) is 11.5 Å². The number of H-pyrrole nitrogens is 1. The summed E-state index contributed by atoms with van der Waals surface area (Å²) in [6.07, 6.45) is 1.82. The lowest BCUT2D eigenvalue weighted by Crippen LogP contribution is -2.14. The number of rotatable bonds is 6. The fourth-order valence-electron chi connectivity index (χ4n) is 2.77. The summed E-state index contributed by atoms with van der Waals surface area (Å²) in [5.41, 5.74) is 2.92. The molecule has 8 heteroatoms. The zero-order valence-electron chi connectivity index (χ0n) is 14.9. The Balaban J connectivity index is 1.40. The molecule has 0 saturated carbocycles. The van der Waals surface area contributed by atoms with Crippen LogP contribution in [0.5, 0.6) is 0 Å². The number of carbonyl (C=O) groups is 2. The van der Waals surface area contributed by atoms with E-state index >= 15 is 0 Å². The molecule has 140 valence electrons. The molecule has 7 nitrogen and oxygen atoms in total. The Morgan fingerprint density at radius 2 is 2.00 bits per heavy atom. The quantitative estimate of drug-likeness (QED) is 0.378.